The van der Waals surface area contributed by atoms with Gasteiger partial charge in [-0.2, -0.15) is 4.31 Å². The van der Waals surface area contributed by atoms with Crippen LogP contribution in [0.1, 0.15) is 68.1 Å². The summed E-state index contributed by atoms with van der Waals surface area (Å²) in [6.07, 6.45) is 7.97. The second-order valence-electron chi connectivity index (χ2n) is 12.7. The van der Waals surface area contributed by atoms with Gasteiger partial charge in [-0.25, -0.2) is 8.42 Å². The van der Waals surface area contributed by atoms with Crippen LogP contribution in [-0.4, -0.2) is 89.0 Å². The average molecular weight is 614 g/mol. The summed E-state index contributed by atoms with van der Waals surface area (Å²) in [7, 11) is 4.07. The third-order valence-corrected chi connectivity index (χ3v) is 12.0. The highest BCUT2D eigenvalue weighted by atomic mass is 32.2. The zero-order chi connectivity index (χ0) is 31.2. The second kappa shape index (κ2) is 14.5. The molecule has 2 fully saturated rings. The van der Waals surface area contributed by atoms with Crippen molar-refractivity contribution in [3.05, 3.63) is 59.2 Å². The molecule has 0 bridgehead atoms. The molecule has 43 heavy (non-hydrogen) atoms. The molecule has 1 unspecified atom stereocenters. The molecule has 1 aliphatic heterocycles. The Kier molecular flexibility index (Phi) is 11.3. The highest BCUT2D eigenvalue weighted by Gasteiger charge is 2.39. The Morgan fingerprint density at radius 1 is 1.00 bits per heavy atom. The fourth-order valence-corrected chi connectivity index (χ4v) is 9.18. The predicted octanol–water partition coefficient (Wildman–Crippen LogP) is 5.37. The molecule has 2 aromatic carbocycles. The first-order valence-electron chi connectivity index (χ1n) is 15.7. The van der Waals surface area contributed by atoms with E-state index in [0.717, 1.165) is 51.4 Å². The molecule has 0 radical (unpaired) electrons. The lowest BCUT2D eigenvalue weighted by molar-refractivity contribution is -0.135. The summed E-state index contributed by atoms with van der Waals surface area (Å²) in [5.41, 5.74) is 2.81. The first-order chi connectivity index (χ1) is 20.5. The van der Waals surface area contributed by atoms with E-state index >= 15 is 0 Å². The van der Waals surface area contributed by atoms with Crippen molar-refractivity contribution in [3.63, 3.8) is 0 Å². The molecule has 1 saturated heterocycles. The first kappa shape index (κ1) is 33.4. The number of methoxy groups -OCH3 is 1. The average Bonchev–Trinajstić information content (AvgIpc) is 3.00. The zero-order valence-corrected chi connectivity index (χ0v) is 27.8. The molecule has 2 aliphatic rings. The quantitative estimate of drug-likeness (QED) is 0.321. The summed E-state index contributed by atoms with van der Waals surface area (Å²) in [4.78, 5) is 17.4. The Bertz CT molecular complexity index is 1300. The summed E-state index contributed by atoms with van der Waals surface area (Å²) in [5.74, 6) is 1.18. The van der Waals surface area contributed by atoms with Crippen LogP contribution < -0.4 is 4.74 Å². The van der Waals surface area contributed by atoms with E-state index in [1.165, 1.54) is 5.56 Å². The molecule has 0 N–H and O–H groups in total. The Morgan fingerprint density at radius 2 is 1.65 bits per heavy atom. The fourth-order valence-electron chi connectivity index (χ4n) is 7.09. The highest BCUT2D eigenvalue weighted by Crippen LogP contribution is 2.43. The van der Waals surface area contributed by atoms with Gasteiger partial charge < -0.3 is 14.4 Å². The van der Waals surface area contributed by atoms with Gasteiger partial charge in [0.05, 0.1) is 18.6 Å². The number of carbonyl (C=O) groups is 1. The molecule has 1 atom stereocenters. The number of ether oxygens (including phenoxy) is 2. The van der Waals surface area contributed by atoms with Gasteiger partial charge in [0.15, 0.2) is 0 Å². The smallest absolute Gasteiger partial charge is 0.248 e. The molecule has 4 rings (SSSR count). The number of carbonyl (C=O) groups excluding carboxylic acids is 1. The number of hydrogen-bond acceptors (Lipinski definition) is 6. The van der Waals surface area contributed by atoms with Gasteiger partial charge in [0, 0.05) is 31.7 Å². The molecule has 9 heteroatoms. The number of benzene rings is 2. The maximum Gasteiger partial charge on any atom is 0.248 e. The van der Waals surface area contributed by atoms with E-state index in [-0.39, 0.29) is 30.7 Å². The van der Waals surface area contributed by atoms with Gasteiger partial charge in [-0.15, -0.1) is 0 Å². The van der Waals surface area contributed by atoms with Crippen LogP contribution in [0.25, 0.3) is 0 Å². The molecular formula is C34H51N3O5S. The lowest BCUT2D eigenvalue weighted by Crippen LogP contribution is -2.46. The van der Waals surface area contributed by atoms with Gasteiger partial charge in [-0.1, -0.05) is 36.8 Å². The summed E-state index contributed by atoms with van der Waals surface area (Å²) >= 11 is 0. The summed E-state index contributed by atoms with van der Waals surface area (Å²) in [6, 6.07) is 14.1. The molecule has 238 valence electrons. The lowest BCUT2D eigenvalue weighted by Gasteiger charge is -2.46. The summed E-state index contributed by atoms with van der Waals surface area (Å²) < 4.78 is 40.4. The number of rotatable bonds is 12. The minimum absolute atomic E-state index is 0.0378. The number of amides is 1. The number of piperidine rings is 1. The van der Waals surface area contributed by atoms with Gasteiger partial charge in [0.1, 0.15) is 12.4 Å². The fraction of sp³-hybridized carbons (Fsp3) is 0.618. The van der Waals surface area contributed by atoms with Crippen LogP contribution >= 0.6 is 0 Å². The van der Waals surface area contributed by atoms with Gasteiger partial charge in [0.25, 0.3) is 0 Å². The molecule has 1 amide bonds. The van der Waals surface area contributed by atoms with Crippen LogP contribution in [0.4, 0.5) is 0 Å². The number of sulfonamides is 1. The maximum atomic E-state index is 13.8. The molecule has 8 nitrogen and oxygen atoms in total. The lowest BCUT2D eigenvalue weighted by atomic mass is 9.71. The number of aryl methyl sites for hydroxylation is 2. The van der Waals surface area contributed by atoms with E-state index in [9.17, 15) is 13.2 Å². The van der Waals surface area contributed by atoms with Crippen molar-refractivity contribution in [1.29, 1.82) is 0 Å². The topological polar surface area (TPSA) is 79.4 Å². The van der Waals surface area contributed by atoms with Crippen molar-refractivity contribution in [2.75, 3.05) is 54.6 Å². The minimum atomic E-state index is -3.72. The van der Waals surface area contributed by atoms with E-state index in [1.807, 2.05) is 20.9 Å². The van der Waals surface area contributed by atoms with Crippen molar-refractivity contribution >= 4 is 15.9 Å². The van der Waals surface area contributed by atoms with Crippen LogP contribution in [-0.2, 0) is 25.1 Å². The van der Waals surface area contributed by atoms with Crippen molar-refractivity contribution < 1.29 is 22.7 Å². The number of hydrogen-bond donors (Lipinski definition) is 0. The van der Waals surface area contributed by atoms with Crippen LogP contribution in [0.3, 0.4) is 0 Å². The Hall–Kier alpha value is -2.46. The van der Waals surface area contributed by atoms with E-state index < -0.39 is 10.0 Å². The third-order valence-electron chi connectivity index (χ3n) is 9.74. The molecular weight excluding hydrogens is 562 g/mol. The van der Waals surface area contributed by atoms with Gasteiger partial charge >= 0.3 is 0 Å². The summed E-state index contributed by atoms with van der Waals surface area (Å²) in [6.45, 7) is 4.94. The van der Waals surface area contributed by atoms with Gasteiger partial charge in [-0.05, 0) is 108 Å². The molecule has 1 heterocycles. The second-order valence-corrected chi connectivity index (χ2v) is 14.5. The van der Waals surface area contributed by atoms with E-state index in [1.54, 1.807) is 28.4 Å². The number of likely N-dealkylation sites (N-methyl/N-ethyl adjacent to an activating group) is 1. The SMILES string of the molecule is COc1cc(C)c(S(=O)(=O)N2CCCCC2COCC(=O)N(C)CCC2CCC(c3ccccc3)(N(C)C)CC2)c(C)c1. The zero-order valence-electron chi connectivity index (χ0n) is 27.0. The standard InChI is InChI=1S/C34H51N3O5S/c1-26-22-31(41-6)23-27(2)33(26)43(39,40)37-20-11-10-14-30(37)24-42-25-32(38)36(5)21-17-28-15-18-34(19-16-28,35(3)4)29-12-8-7-9-13-29/h7-9,12-13,22-23,28,30H,10-11,14-21,24-25H2,1-6H3. The summed E-state index contributed by atoms with van der Waals surface area (Å²) in [5, 5.41) is 0. The van der Waals surface area contributed by atoms with Gasteiger partial charge in [0.2, 0.25) is 15.9 Å². The van der Waals surface area contributed by atoms with Gasteiger partial charge in [-0.3, -0.25) is 9.69 Å². The molecule has 0 aromatic heterocycles. The van der Waals surface area contributed by atoms with Crippen LogP contribution in [0.5, 0.6) is 5.75 Å². The molecule has 2 aromatic rings. The first-order valence-corrected chi connectivity index (χ1v) is 17.2. The number of nitrogens with zero attached hydrogens (tertiary/aromatic N) is 3. The Balaban J connectivity index is 1.27. The molecule has 1 saturated carbocycles. The minimum Gasteiger partial charge on any atom is -0.497 e. The molecule has 1 aliphatic carbocycles. The van der Waals surface area contributed by atoms with Crippen molar-refractivity contribution in [2.45, 2.75) is 81.7 Å². The highest BCUT2D eigenvalue weighted by molar-refractivity contribution is 7.89. The molecule has 0 spiro atoms. The van der Waals surface area contributed by atoms with E-state index in [0.29, 0.717) is 40.8 Å². The normalized spacial score (nSPS) is 23.3. The van der Waals surface area contributed by atoms with Crippen LogP contribution in [0.2, 0.25) is 0 Å². The van der Waals surface area contributed by atoms with E-state index in [2.05, 4.69) is 49.3 Å². The van der Waals surface area contributed by atoms with Crippen molar-refractivity contribution in [1.82, 2.24) is 14.1 Å². The largest absolute Gasteiger partial charge is 0.497 e. The van der Waals surface area contributed by atoms with Crippen LogP contribution in [0.15, 0.2) is 47.4 Å². The maximum absolute atomic E-state index is 13.8. The van der Waals surface area contributed by atoms with Crippen LogP contribution in [0, 0.1) is 19.8 Å². The third kappa shape index (κ3) is 7.62. The predicted molar refractivity (Wildman–Crippen MR) is 171 cm³/mol. The monoisotopic (exact) mass is 613 g/mol. The van der Waals surface area contributed by atoms with E-state index in [4.69, 9.17) is 9.47 Å². The van der Waals surface area contributed by atoms with Crippen molar-refractivity contribution in [3.8, 4) is 5.75 Å². The Morgan fingerprint density at radius 3 is 2.26 bits per heavy atom. The Labute approximate surface area is 259 Å². The van der Waals surface area contributed by atoms with Crippen molar-refractivity contribution in [2.24, 2.45) is 5.92 Å².